The molecule has 0 saturated heterocycles. The summed E-state index contributed by atoms with van der Waals surface area (Å²) in [7, 11) is 0. The highest BCUT2D eigenvalue weighted by atomic mass is 35.5. The SMILES string of the molecule is CC(C)(CN)C(Oc1ccccc1Cl)c1cccs1. The normalized spacial score (nSPS) is 13.3. The van der Waals surface area contributed by atoms with Crippen LogP contribution < -0.4 is 10.5 Å². The molecule has 19 heavy (non-hydrogen) atoms. The summed E-state index contributed by atoms with van der Waals surface area (Å²) in [6.45, 7) is 4.75. The molecule has 0 fully saturated rings. The highest BCUT2D eigenvalue weighted by molar-refractivity contribution is 7.10. The summed E-state index contributed by atoms with van der Waals surface area (Å²) in [6, 6.07) is 11.6. The van der Waals surface area contributed by atoms with Gasteiger partial charge in [-0.1, -0.05) is 43.6 Å². The summed E-state index contributed by atoms with van der Waals surface area (Å²) in [4.78, 5) is 1.16. The van der Waals surface area contributed by atoms with E-state index in [0.717, 1.165) is 4.88 Å². The fourth-order valence-corrected chi connectivity index (χ4v) is 2.96. The molecule has 1 aromatic heterocycles. The summed E-state index contributed by atoms with van der Waals surface area (Å²) in [6.07, 6.45) is -0.0996. The Labute approximate surface area is 123 Å². The van der Waals surface area contributed by atoms with E-state index in [0.29, 0.717) is 17.3 Å². The van der Waals surface area contributed by atoms with Crippen LogP contribution in [0.1, 0.15) is 24.8 Å². The van der Waals surface area contributed by atoms with Crippen molar-refractivity contribution in [1.29, 1.82) is 0 Å². The van der Waals surface area contributed by atoms with Gasteiger partial charge < -0.3 is 10.5 Å². The van der Waals surface area contributed by atoms with E-state index in [1.807, 2.05) is 35.7 Å². The predicted octanol–water partition coefficient (Wildman–Crippen LogP) is 4.51. The van der Waals surface area contributed by atoms with E-state index < -0.39 is 0 Å². The molecule has 0 aliphatic rings. The zero-order chi connectivity index (χ0) is 13.9. The van der Waals surface area contributed by atoms with E-state index in [4.69, 9.17) is 22.1 Å². The molecule has 1 unspecified atom stereocenters. The van der Waals surface area contributed by atoms with Crippen LogP contribution in [0.5, 0.6) is 5.75 Å². The zero-order valence-electron chi connectivity index (χ0n) is 11.1. The smallest absolute Gasteiger partial charge is 0.139 e. The summed E-state index contributed by atoms with van der Waals surface area (Å²) in [5.41, 5.74) is 5.73. The molecule has 0 radical (unpaired) electrons. The zero-order valence-corrected chi connectivity index (χ0v) is 12.7. The second-order valence-corrected chi connectivity index (χ2v) is 6.52. The van der Waals surface area contributed by atoms with Gasteiger partial charge in [-0.05, 0) is 23.6 Å². The minimum atomic E-state index is -0.163. The average molecular weight is 296 g/mol. The predicted molar refractivity (Wildman–Crippen MR) is 82.0 cm³/mol. The van der Waals surface area contributed by atoms with Crippen molar-refractivity contribution < 1.29 is 4.74 Å². The molecular formula is C15H18ClNOS. The Balaban J connectivity index is 2.32. The Bertz CT molecular complexity index is 525. The first-order valence-electron chi connectivity index (χ1n) is 6.19. The molecule has 102 valence electrons. The van der Waals surface area contributed by atoms with Crippen LogP contribution in [-0.2, 0) is 0 Å². The van der Waals surface area contributed by atoms with E-state index in [2.05, 4.69) is 19.9 Å². The quantitative estimate of drug-likeness (QED) is 0.881. The van der Waals surface area contributed by atoms with E-state index in [-0.39, 0.29) is 11.5 Å². The Kier molecular flexibility index (Phi) is 4.50. The number of halogens is 1. The van der Waals surface area contributed by atoms with Crippen molar-refractivity contribution >= 4 is 22.9 Å². The largest absolute Gasteiger partial charge is 0.483 e. The number of hydrogen-bond acceptors (Lipinski definition) is 3. The average Bonchev–Trinajstić information content (AvgIpc) is 2.91. The van der Waals surface area contributed by atoms with Gasteiger partial charge in [-0.3, -0.25) is 0 Å². The van der Waals surface area contributed by atoms with Gasteiger partial charge in [0.15, 0.2) is 0 Å². The Morgan fingerprint density at radius 3 is 2.58 bits per heavy atom. The third kappa shape index (κ3) is 3.30. The van der Waals surface area contributed by atoms with E-state index in [9.17, 15) is 0 Å². The molecule has 0 bridgehead atoms. The van der Waals surface area contributed by atoms with Crippen molar-refractivity contribution in [2.24, 2.45) is 11.1 Å². The number of hydrogen-bond donors (Lipinski definition) is 1. The van der Waals surface area contributed by atoms with Crippen molar-refractivity contribution in [2.45, 2.75) is 20.0 Å². The number of ether oxygens (including phenoxy) is 1. The van der Waals surface area contributed by atoms with Crippen LogP contribution in [0.4, 0.5) is 0 Å². The molecule has 1 atom stereocenters. The number of nitrogens with two attached hydrogens (primary N) is 1. The van der Waals surface area contributed by atoms with Crippen molar-refractivity contribution in [3.8, 4) is 5.75 Å². The minimum absolute atomic E-state index is 0.0996. The first-order valence-corrected chi connectivity index (χ1v) is 7.45. The van der Waals surface area contributed by atoms with Gasteiger partial charge in [-0.25, -0.2) is 0 Å². The molecule has 2 N–H and O–H groups in total. The second-order valence-electron chi connectivity index (χ2n) is 5.14. The highest BCUT2D eigenvalue weighted by Gasteiger charge is 2.32. The maximum Gasteiger partial charge on any atom is 0.139 e. The van der Waals surface area contributed by atoms with Gasteiger partial charge in [-0.2, -0.15) is 0 Å². The summed E-state index contributed by atoms with van der Waals surface area (Å²) in [5.74, 6) is 0.698. The lowest BCUT2D eigenvalue weighted by Gasteiger charge is -2.33. The van der Waals surface area contributed by atoms with Gasteiger partial charge in [-0.15, -0.1) is 11.3 Å². The van der Waals surface area contributed by atoms with E-state index in [1.165, 1.54) is 0 Å². The van der Waals surface area contributed by atoms with Crippen molar-refractivity contribution in [3.63, 3.8) is 0 Å². The lowest BCUT2D eigenvalue weighted by molar-refractivity contribution is 0.0822. The third-order valence-corrected chi connectivity index (χ3v) is 4.35. The maximum absolute atomic E-state index is 6.17. The minimum Gasteiger partial charge on any atom is -0.483 e. The van der Waals surface area contributed by atoms with Crippen molar-refractivity contribution in [3.05, 3.63) is 51.7 Å². The van der Waals surface area contributed by atoms with Gasteiger partial charge in [0.1, 0.15) is 11.9 Å². The van der Waals surface area contributed by atoms with Gasteiger partial charge in [0, 0.05) is 16.8 Å². The molecule has 0 saturated carbocycles. The Morgan fingerprint density at radius 2 is 2.00 bits per heavy atom. The summed E-state index contributed by atoms with van der Waals surface area (Å²) in [5, 5.41) is 2.67. The summed E-state index contributed by atoms with van der Waals surface area (Å²) < 4.78 is 6.14. The molecule has 2 aromatic rings. The van der Waals surface area contributed by atoms with Crippen LogP contribution in [0.25, 0.3) is 0 Å². The van der Waals surface area contributed by atoms with Gasteiger partial charge >= 0.3 is 0 Å². The van der Waals surface area contributed by atoms with Crippen LogP contribution in [0.3, 0.4) is 0 Å². The molecule has 4 heteroatoms. The number of benzene rings is 1. The number of rotatable bonds is 5. The lowest BCUT2D eigenvalue weighted by atomic mass is 9.85. The van der Waals surface area contributed by atoms with E-state index in [1.54, 1.807) is 11.3 Å². The van der Waals surface area contributed by atoms with E-state index >= 15 is 0 Å². The molecule has 2 rings (SSSR count). The van der Waals surface area contributed by atoms with Crippen LogP contribution in [0.15, 0.2) is 41.8 Å². The molecule has 0 aliphatic heterocycles. The fraction of sp³-hybridized carbons (Fsp3) is 0.333. The second kappa shape index (κ2) is 5.95. The van der Waals surface area contributed by atoms with Gasteiger partial charge in [0.2, 0.25) is 0 Å². The fourth-order valence-electron chi connectivity index (χ4n) is 1.82. The maximum atomic E-state index is 6.17. The highest BCUT2D eigenvalue weighted by Crippen LogP contribution is 2.40. The molecule has 2 nitrogen and oxygen atoms in total. The van der Waals surface area contributed by atoms with Crippen molar-refractivity contribution in [1.82, 2.24) is 0 Å². The van der Waals surface area contributed by atoms with Crippen LogP contribution in [0.2, 0.25) is 5.02 Å². The molecule has 0 amide bonds. The first-order chi connectivity index (χ1) is 9.04. The number of thiophene rings is 1. The summed E-state index contributed by atoms with van der Waals surface area (Å²) >= 11 is 7.84. The van der Waals surface area contributed by atoms with Gasteiger partial charge in [0.25, 0.3) is 0 Å². The molecule has 1 heterocycles. The lowest BCUT2D eigenvalue weighted by Crippen LogP contribution is -2.33. The Morgan fingerprint density at radius 1 is 1.26 bits per heavy atom. The molecule has 0 spiro atoms. The monoisotopic (exact) mass is 295 g/mol. The number of para-hydroxylation sites is 1. The van der Waals surface area contributed by atoms with Crippen LogP contribution in [0, 0.1) is 5.41 Å². The van der Waals surface area contributed by atoms with Crippen molar-refractivity contribution in [2.75, 3.05) is 6.54 Å². The molecule has 1 aromatic carbocycles. The van der Waals surface area contributed by atoms with Crippen LogP contribution in [-0.4, -0.2) is 6.54 Å². The van der Waals surface area contributed by atoms with Crippen LogP contribution >= 0.6 is 22.9 Å². The Hall–Kier alpha value is -1.03. The standard InChI is InChI=1S/C15H18ClNOS/c1-15(2,10-17)14(13-8-5-9-19-13)18-12-7-4-3-6-11(12)16/h3-9,14H,10,17H2,1-2H3. The first kappa shape index (κ1) is 14.4. The third-order valence-electron chi connectivity index (χ3n) is 3.12. The molecular weight excluding hydrogens is 278 g/mol. The molecule has 0 aliphatic carbocycles. The topological polar surface area (TPSA) is 35.2 Å². The van der Waals surface area contributed by atoms with Gasteiger partial charge in [0.05, 0.1) is 5.02 Å².